The number of hydrogen-bond donors (Lipinski definition) is 1. The highest BCUT2D eigenvalue weighted by molar-refractivity contribution is 5.28. The van der Waals surface area contributed by atoms with Gasteiger partial charge in [-0.3, -0.25) is 0 Å². The first-order chi connectivity index (χ1) is 8.36. The summed E-state index contributed by atoms with van der Waals surface area (Å²) in [6, 6.07) is 2.29. The lowest BCUT2D eigenvalue weighted by molar-refractivity contribution is -0.140. The molecule has 0 fully saturated rings. The maximum atomic E-state index is 13.3. The third-order valence-corrected chi connectivity index (χ3v) is 2.59. The topological polar surface area (TPSA) is 35.2 Å². The van der Waals surface area contributed by atoms with Crippen LogP contribution < -0.4 is 5.73 Å². The molecule has 18 heavy (non-hydrogen) atoms. The molecule has 1 rings (SSSR count). The molecule has 2 N–H and O–H groups in total. The molecule has 0 bridgehead atoms. The van der Waals surface area contributed by atoms with Crippen LogP contribution in [0.2, 0.25) is 0 Å². The Morgan fingerprint density at radius 3 is 2.50 bits per heavy atom. The Labute approximate surface area is 103 Å². The van der Waals surface area contributed by atoms with Gasteiger partial charge in [0.1, 0.15) is 5.82 Å². The number of alkyl halides is 3. The summed E-state index contributed by atoms with van der Waals surface area (Å²) in [4.78, 5) is 0. The lowest BCUT2D eigenvalue weighted by Gasteiger charge is -2.14. The summed E-state index contributed by atoms with van der Waals surface area (Å²) in [5, 5.41) is 0. The lowest BCUT2D eigenvalue weighted by atomic mass is 10.0. The summed E-state index contributed by atoms with van der Waals surface area (Å²) >= 11 is 0. The van der Waals surface area contributed by atoms with Crippen molar-refractivity contribution in [3.8, 4) is 0 Å². The largest absolute Gasteiger partial charge is 0.419 e. The zero-order valence-corrected chi connectivity index (χ0v) is 9.93. The van der Waals surface area contributed by atoms with Gasteiger partial charge >= 0.3 is 6.18 Å². The third-order valence-electron chi connectivity index (χ3n) is 2.59. The Bertz CT molecular complexity index is 392. The molecule has 2 nitrogen and oxygen atoms in total. The van der Waals surface area contributed by atoms with Crippen molar-refractivity contribution in [2.24, 2.45) is 5.73 Å². The van der Waals surface area contributed by atoms with E-state index in [4.69, 9.17) is 10.5 Å². The number of rotatable bonds is 5. The molecule has 0 spiro atoms. The molecule has 102 valence electrons. The summed E-state index contributed by atoms with van der Waals surface area (Å²) in [6.07, 6.45) is -3.48. The van der Waals surface area contributed by atoms with E-state index in [9.17, 15) is 17.6 Å². The first-order valence-electron chi connectivity index (χ1n) is 5.47. The Balaban J connectivity index is 2.78. The van der Waals surface area contributed by atoms with Gasteiger partial charge in [0, 0.05) is 19.8 Å². The van der Waals surface area contributed by atoms with Crippen molar-refractivity contribution >= 4 is 0 Å². The van der Waals surface area contributed by atoms with Crippen molar-refractivity contribution in [1.29, 1.82) is 0 Å². The van der Waals surface area contributed by atoms with Gasteiger partial charge < -0.3 is 10.5 Å². The number of benzene rings is 1. The van der Waals surface area contributed by atoms with Gasteiger partial charge in [0.25, 0.3) is 0 Å². The number of nitrogens with two attached hydrogens (primary N) is 1. The van der Waals surface area contributed by atoms with Crippen molar-refractivity contribution in [3.05, 3.63) is 35.1 Å². The van der Waals surface area contributed by atoms with Crippen molar-refractivity contribution in [1.82, 2.24) is 0 Å². The van der Waals surface area contributed by atoms with Crippen molar-refractivity contribution in [3.63, 3.8) is 0 Å². The van der Waals surface area contributed by atoms with E-state index in [2.05, 4.69) is 0 Å². The average molecular weight is 265 g/mol. The maximum absolute atomic E-state index is 13.3. The van der Waals surface area contributed by atoms with Crippen LogP contribution in [-0.4, -0.2) is 13.7 Å². The number of halogens is 4. The van der Waals surface area contributed by atoms with Gasteiger partial charge in [0.15, 0.2) is 0 Å². The highest BCUT2D eigenvalue weighted by Gasteiger charge is 2.34. The van der Waals surface area contributed by atoms with Crippen LogP contribution in [0, 0.1) is 5.82 Å². The number of methoxy groups -OCH3 is 1. The maximum Gasteiger partial charge on any atom is 0.419 e. The molecule has 0 aliphatic heterocycles. The Morgan fingerprint density at radius 1 is 1.33 bits per heavy atom. The zero-order chi connectivity index (χ0) is 13.8. The fourth-order valence-corrected chi connectivity index (χ4v) is 1.61. The fraction of sp³-hybridized carbons (Fsp3) is 0.500. The molecule has 1 aromatic rings. The van der Waals surface area contributed by atoms with Gasteiger partial charge in [-0.2, -0.15) is 13.2 Å². The smallest absolute Gasteiger partial charge is 0.385 e. The first-order valence-corrected chi connectivity index (χ1v) is 5.47. The van der Waals surface area contributed by atoms with Crippen LogP contribution in [0.1, 0.15) is 30.0 Å². The minimum absolute atomic E-state index is 0.358. The Hall–Kier alpha value is -1.14. The van der Waals surface area contributed by atoms with E-state index in [1.807, 2.05) is 0 Å². The second-order valence-corrected chi connectivity index (χ2v) is 3.98. The van der Waals surface area contributed by atoms with Crippen LogP contribution >= 0.6 is 0 Å². The molecule has 0 aliphatic rings. The highest BCUT2D eigenvalue weighted by Crippen LogP contribution is 2.32. The zero-order valence-electron chi connectivity index (χ0n) is 9.93. The molecule has 1 aromatic carbocycles. The van der Waals surface area contributed by atoms with Crippen molar-refractivity contribution in [2.75, 3.05) is 13.7 Å². The van der Waals surface area contributed by atoms with E-state index in [-0.39, 0.29) is 0 Å². The molecular weight excluding hydrogens is 250 g/mol. The summed E-state index contributed by atoms with van der Waals surface area (Å²) in [7, 11) is 1.54. The van der Waals surface area contributed by atoms with Crippen LogP contribution in [0.4, 0.5) is 17.6 Å². The number of ether oxygens (including phenoxy) is 1. The van der Waals surface area contributed by atoms with Crippen molar-refractivity contribution < 1.29 is 22.3 Å². The minimum atomic E-state index is -4.68. The summed E-state index contributed by atoms with van der Waals surface area (Å²) in [5.41, 5.74) is 4.85. The van der Waals surface area contributed by atoms with E-state index in [1.54, 1.807) is 7.11 Å². The van der Waals surface area contributed by atoms with Gasteiger partial charge in [0.2, 0.25) is 0 Å². The average Bonchev–Trinajstić information content (AvgIpc) is 2.27. The van der Waals surface area contributed by atoms with E-state index in [1.165, 1.54) is 6.07 Å². The standard InChI is InChI=1S/C12H15F4NO/c1-18-6-2-3-11(17)8-4-5-9(10(13)7-8)12(14,15)16/h4-5,7,11H,2-3,6,17H2,1H3. The van der Waals surface area contributed by atoms with E-state index < -0.39 is 23.6 Å². The second-order valence-electron chi connectivity index (χ2n) is 3.98. The molecule has 0 aliphatic carbocycles. The van der Waals surface area contributed by atoms with E-state index in [0.717, 1.165) is 12.1 Å². The lowest BCUT2D eigenvalue weighted by Crippen LogP contribution is -2.14. The predicted octanol–water partition coefficient (Wildman–Crippen LogP) is 3.27. The van der Waals surface area contributed by atoms with Crippen molar-refractivity contribution in [2.45, 2.75) is 25.1 Å². The van der Waals surface area contributed by atoms with Crippen LogP contribution in [0.15, 0.2) is 18.2 Å². The molecule has 0 heterocycles. The molecule has 0 saturated heterocycles. The van der Waals surface area contributed by atoms with Gasteiger partial charge in [-0.25, -0.2) is 4.39 Å². The Morgan fingerprint density at radius 2 is 2.00 bits per heavy atom. The molecule has 0 amide bonds. The third kappa shape index (κ3) is 3.96. The van der Waals surface area contributed by atoms with E-state index >= 15 is 0 Å². The highest BCUT2D eigenvalue weighted by atomic mass is 19.4. The fourth-order valence-electron chi connectivity index (χ4n) is 1.61. The number of hydrogen-bond acceptors (Lipinski definition) is 2. The van der Waals surface area contributed by atoms with Gasteiger partial charge in [0.05, 0.1) is 5.56 Å². The first kappa shape index (κ1) is 14.9. The molecule has 1 atom stereocenters. The summed E-state index contributed by atoms with van der Waals surface area (Å²) < 4.78 is 55.2. The normalized spacial score (nSPS) is 13.7. The molecule has 1 unspecified atom stereocenters. The summed E-state index contributed by atoms with van der Waals surface area (Å²) in [6.45, 7) is 0.511. The monoisotopic (exact) mass is 265 g/mol. The Kier molecular flexibility index (Phi) is 5.10. The predicted molar refractivity (Wildman–Crippen MR) is 59.4 cm³/mol. The van der Waals surface area contributed by atoms with E-state index in [0.29, 0.717) is 25.0 Å². The molecular formula is C12H15F4NO. The summed E-state index contributed by atoms with van der Waals surface area (Å²) in [5.74, 6) is -1.29. The SMILES string of the molecule is COCCCC(N)c1ccc(C(F)(F)F)c(F)c1. The molecule has 6 heteroatoms. The van der Waals surface area contributed by atoms with Gasteiger partial charge in [-0.15, -0.1) is 0 Å². The quantitative estimate of drug-likeness (QED) is 0.655. The van der Waals surface area contributed by atoms with Crippen LogP contribution in [0.3, 0.4) is 0 Å². The molecule has 0 radical (unpaired) electrons. The molecule has 0 aromatic heterocycles. The van der Waals surface area contributed by atoms with Gasteiger partial charge in [-0.1, -0.05) is 6.07 Å². The second kappa shape index (κ2) is 6.15. The minimum Gasteiger partial charge on any atom is -0.385 e. The van der Waals surface area contributed by atoms with Crippen LogP contribution in [0.5, 0.6) is 0 Å². The van der Waals surface area contributed by atoms with Gasteiger partial charge in [-0.05, 0) is 30.5 Å². The van der Waals surface area contributed by atoms with Crippen LogP contribution in [0.25, 0.3) is 0 Å². The molecule has 0 saturated carbocycles. The van der Waals surface area contributed by atoms with Crippen LogP contribution in [-0.2, 0) is 10.9 Å².